The highest BCUT2D eigenvalue weighted by molar-refractivity contribution is 5.62. The summed E-state index contributed by atoms with van der Waals surface area (Å²) in [5, 5.41) is 0. The topological polar surface area (TPSA) is 51.8 Å². The molecule has 3 nitrogen and oxygen atoms in total. The van der Waals surface area contributed by atoms with Crippen molar-refractivity contribution in [1.29, 1.82) is 0 Å². The molecule has 0 unspecified atom stereocenters. The molecule has 0 saturated heterocycles. The SMILES string of the molecule is Cc1cc(-c2cc(C)c(F)cc2F)nc(N)n1. The lowest BCUT2D eigenvalue weighted by Crippen LogP contribution is -2.00. The Labute approximate surface area is 97.3 Å². The Bertz CT molecular complexity index is 562. The number of hydrogen-bond acceptors (Lipinski definition) is 3. The van der Waals surface area contributed by atoms with Crippen molar-refractivity contribution in [2.45, 2.75) is 13.8 Å². The van der Waals surface area contributed by atoms with Crippen molar-refractivity contribution in [1.82, 2.24) is 9.97 Å². The Hall–Kier alpha value is -2.04. The Balaban J connectivity index is 2.64. The highest BCUT2D eigenvalue weighted by Gasteiger charge is 2.11. The van der Waals surface area contributed by atoms with Gasteiger partial charge in [-0.3, -0.25) is 0 Å². The molecule has 88 valence electrons. The number of aryl methyl sites for hydroxylation is 2. The molecule has 1 heterocycles. The lowest BCUT2D eigenvalue weighted by molar-refractivity contribution is 0.579. The van der Waals surface area contributed by atoms with Gasteiger partial charge in [0.25, 0.3) is 0 Å². The molecule has 0 fully saturated rings. The van der Waals surface area contributed by atoms with Crippen LogP contribution < -0.4 is 5.73 Å². The monoisotopic (exact) mass is 235 g/mol. The quantitative estimate of drug-likeness (QED) is 0.826. The van der Waals surface area contributed by atoms with Crippen molar-refractivity contribution in [2.24, 2.45) is 0 Å². The summed E-state index contributed by atoms with van der Waals surface area (Å²) >= 11 is 0. The van der Waals surface area contributed by atoms with E-state index in [2.05, 4.69) is 9.97 Å². The van der Waals surface area contributed by atoms with Gasteiger partial charge in [0.2, 0.25) is 5.95 Å². The van der Waals surface area contributed by atoms with E-state index in [1.165, 1.54) is 6.07 Å². The molecule has 17 heavy (non-hydrogen) atoms. The highest BCUT2D eigenvalue weighted by Crippen LogP contribution is 2.24. The number of halogens is 2. The third-order valence-electron chi connectivity index (χ3n) is 2.40. The van der Waals surface area contributed by atoms with Crippen molar-refractivity contribution in [2.75, 3.05) is 5.73 Å². The number of nitrogens with zero attached hydrogens (tertiary/aromatic N) is 2. The smallest absolute Gasteiger partial charge is 0.220 e. The Kier molecular flexibility index (Phi) is 2.75. The predicted octanol–water partition coefficient (Wildman–Crippen LogP) is 2.62. The molecule has 0 aliphatic carbocycles. The molecular weight excluding hydrogens is 224 g/mol. The molecule has 0 atom stereocenters. The fourth-order valence-corrected chi connectivity index (χ4v) is 1.58. The van der Waals surface area contributed by atoms with Crippen LogP contribution in [0.2, 0.25) is 0 Å². The van der Waals surface area contributed by atoms with Crippen LogP contribution in [-0.4, -0.2) is 9.97 Å². The van der Waals surface area contributed by atoms with E-state index < -0.39 is 11.6 Å². The van der Waals surface area contributed by atoms with Gasteiger partial charge in [-0.05, 0) is 31.5 Å². The molecule has 0 spiro atoms. The van der Waals surface area contributed by atoms with Crippen molar-refractivity contribution in [3.8, 4) is 11.3 Å². The van der Waals surface area contributed by atoms with Crippen molar-refractivity contribution in [3.63, 3.8) is 0 Å². The van der Waals surface area contributed by atoms with Gasteiger partial charge in [0.15, 0.2) is 0 Å². The van der Waals surface area contributed by atoms with Gasteiger partial charge in [0.1, 0.15) is 11.6 Å². The van der Waals surface area contributed by atoms with Crippen molar-refractivity contribution < 1.29 is 8.78 Å². The number of rotatable bonds is 1. The molecule has 0 saturated carbocycles. The summed E-state index contributed by atoms with van der Waals surface area (Å²) in [6.45, 7) is 3.30. The van der Waals surface area contributed by atoms with Crippen molar-refractivity contribution >= 4 is 5.95 Å². The van der Waals surface area contributed by atoms with Crippen LogP contribution in [0.15, 0.2) is 18.2 Å². The largest absolute Gasteiger partial charge is 0.368 e. The molecule has 0 radical (unpaired) electrons. The summed E-state index contributed by atoms with van der Waals surface area (Å²) in [6, 6.07) is 3.86. The van der Waals surface area contributed by atoms with E-state index in [9.17, 15) is 8.78 Å². The molecule has 2 N–H and O–H groups in total. The minimum Gasteiger partial charge on any atom is -0.368 e. The van der Waals surface area contributed by atoms with Crippen LogP contribution in [0.3, 0.4) is 0 Å². The maximum atomic E-state index is 13.6. The van der Waals surface area contributed by atoms with E-state index in [1.54, 1.807) is 19.9 Å². The fourth-order valence-electron chi connectivity index (χ4n) is 1.58. The molecule has 5 heteroatoms. The van der Waals surface area contributed by atoms with Crippen LogP contribution in [0.1, 0.15) is 11.3 Å². The van der Waals surface area contributed by atoms with E-state index in [0.717, 1.165) is 6.07 Å². The number of benzene rings is 1. The van der Waals surface area contributed by atoms with Gasteiger partial charge in [0.05, 0.1) is 5.69 Å². The van der Waals surface area contributed by atoms with Gasteiger partial charge in [0, 0.05) is 17.3 Å². The number of nitrogens with two attached hydrogens (primary N) is 1. The average molecular weight is 235 g/mol. The van der Waals surface area contributed by atoms with Crippen LogP contribution in [-0.2, 0) is 0 Å². The molecular formula is C12H11F2N3. The van der Waals surface area contributed by atoms with E-state index in [1.807, 2.05) is 0 Å². The predicted molar refractivity (Wildman–Crippen MR) is 61.3 cm³/mol. The maximum Gasteiger partial charge on any atom is 0.220 e. The lowest BCUT2D eigenvalue weighted by Gasteiger charge is -2.06. The molecule has 0 amide bonds. The first-order valence-corrected chi connectivity index (χ1v) is 5.04. The van der Waals surface area contributed by atoms with Crippen LogP contribution in [0.5, 0.6) is 0 Å². The van der Waals surface area contributed by atoms with Gasteiger partial charge in [-0.2, -0.15) is 0 Å². The maximum absolute atomic E-state index is 13.6. The van der Waals surface area contributed by atoms with Crippen LogP contribution in [0, 0.1) is 25.5 Å². The van der Waals surface area contributed by atoms with Crippen LogP contribution >= 0.6 is 0 Å². The minimum atomic E-state index is -0.661. The summed E-state index contributed by atoms with van der Waals surface area (Å²) < 4.78 is 26.8. The van der Waals surface area contributed by atoms with Crippen LogP contribution in [0.25, 0.3) is 11.3 Å². The van der Waals surface area contributed by atoms with Gasteiger partial charge in [-0.25, -0.2) is 18.7 Å². The minimum absolute atomic E-state index is 0.0707. The number of nitrogen functional groups attached to an aromatic ring is 1. The zero-order valence-corrected chi connectivity index (χ0v) is 9.46. The van der Waals surface area contributed by atoms with Gasteiger partial charge in [-0.15, -0.1) is 0 Å². The van der Waals surface area contributed by atoms with E-state index in [0.29, 0.717) is 17.0 Å². The Morgan fingerprint density at radius 1 is 1.00 bits per heavy atom. The third kappa shape index (κ3) is 2.22. The highest BCUT2D eigenvalue weighted by atomic mass is 19.1. The summed E-state index contributed by atoms with van der Waals surface area (Å²) in [5.74, 6) is -1.17. The lowest BCUT2D eigenvalue weighted by atomic mass is 10.1. The number of aromatic nitrogens is 2. The molecule has 0 aliphatic heterocycles. The van der Waals surface area contributed by atoms with Gasteiger partial charge in [-0.1, -0.05) is 0 Å². The molecule has 0 bridgehead atoms. The van der Waals surface area contributed by atoms with E-state index in [4.69, 9.17) is 5.73 Å². The molecule has 1 aromatic heterocycles. The first-order chi connectivity index (χ1) is 7.97. The first kappa shape index (κ1) is 11.4. The second kappa shape index (κ2) is 4.08. The average Bonchev–Trinajstić information content (AvgIpc) is 2.22. The molecule has 2 aromatic rings. The molecule has 0 aliphatic rings. The summed E-state index contributed by atoms with van der Waals surface area (Å²) in [7, 11) is 0. The fraction of sp³-hybridized carbons (Fsp3) is 0.167. The Morgan fingerprint density at radius 3 is 2.35 bits per heavy atom. The molecule has 1 aromatic carbocycles. The van der Waals surface area contributed by atoms with Gasteiger partial charge >= 0.3 is 0 Å². The zero-order chi connectivity index (χ0) is 12.6. The van der Waals surface area contributed by atoms with Crippen LogP contribution in [0.4, 0.5) is 14.7 Å². The van der Waals surface area contributed by atoms with Crippen molar-refractivity contribution in [3.05, 3.63) is 41.1 Å². The number of anilines is 1. The summed E-state index contributed by atoms with van der Waals surface area (Å²) in [4.78, 5) is 7.84. The number of hydrogen-bond donors (Lipinski definition) is 1. The third-order valence-corrected chi connectivity index (χ3v) is 2.40. The summed E-state index contributed by atoms with van der Waals surface area (Å²) in [6.07, 6.45) is 0. The Morgan fingerprint density at radius 2 is 1.71 bits per heavy atom. The van der Waals surface area contributed by atoms with Gasteiger partial charge < -0.3 is 5.73 Å². The summed E-state index contributed by atoms with van der Waals surface area (Å²) in [5.41, 5.74) is 7.07. The second-order valence-electron chi connectivity index (χ2n) is 3.83. The van der Waals surface area contributed by atoms with E-state index in [-0.39, 0.29) is 11.5 Å². The molecule has 2 rings (SSSR count). The van der Waals surface area contributed by atoms with E-state index >= 15 is 0 Å². The first-order valence-electron chi connectivity index (χ1n) is 5.04. The standard InChI is InChI=1S/C12H11F2N3/c1-6-3-8(10(14)5-9(6)13)11-4-7(2)16-12(15)17-11/h3-5H,1-2H3,(H2,15,16,17). The zero-order valence-electron chi connectivity index (χ0n) is 9.46. The second-order valence-corrected chi connectivity index (χ2v) is 3.83. The normalized spacial score (nSPS) is 10.6.